The second-order valence-corrected chi connectivity index (χ2v) is 13.6. The van der Waals surface area contributed by atoms with Crippen LogP contribution in [0.5, 0.6) is 11.5 Å². The zero-order valence-corrected chi connectivity index (χ0v) is 26.1. The molecule has 42 heavy (non-hydrogen) atoms. The highest BCUT2D eigenvalue weighted by molar-refractivity contribution is 6.06. The molecule has 0 aromatic heterocycles. The molecule has 0 bridgehead atoms. The summed E-state index contributed by atoms with van der Waals surface area (Å²) in [7, 11) is 3.55. The standard InChI is InChI=1S/C35H42N2O5/c1-20-9-11-23(13-21(20)2)36-30(40)19-42-28-12-10-22(14-29(28)41-8)31-32-24(15-34(3,4)17-26(32)38)37(7)25-16-35(5,6)18-27(39)33(25)31/h9-14,31H,15-19H2,1-8H3,(H,36,40). The van der Waals surface area contributed by atoms with Crippen molar-refractivity contribution in [2.45, 2.75) is 73.1 Å². The minimum Gasteiger partial charge on any atom is -0.493 e. The fourth-order valence-corrected chi connectivity index (χ4v) is 6.64. The number of ketones is 2. The van der Waals surface area contributed by atoms with Crippen LogP contribution in [-0.2, 0) is 14.4 Å². The van der Waals surface area contributed by atoms with E-state index in [0.29, 0.717) is 41.2 Å². The minimum absolute atomic E-state index is 0.0876. The van der Waals surface area contributed by atoms with Gasteiger partial charge in [0, 0.05) is 54.0 Å². The van der Waals surface area contributed by atoms with E-state index in [1.807, 2.05) is 51.2 Å². The Morgan fingerprint density at radius 3 is 2.00 bits per heavy atom. The van der Waals surface area contributed by atoms with Gasteiger partial charge < -0.3 is 19.7 Å². The molecule has 0 atom stereocenters. The number of nitrogens with one attached hydrogen (secondary N) is 1. The van der Waals surface area contributed by atoms with Crippen molar-refractivity contribution in [3.05, 3.63) is 75.6 Å². The Labute approximate surface area is 249 Å². The van der Waals surface area contributed by atoms with Gasteiger partial charge in [-0.2, -0.15) is 0 Å². The van der Waals surface area contributed by atoms with E-state index in [4.69, 9.17) is 9.47 Å². The van der Waals surface area contributed by atoms with Gasteiger partial charge in [-0.25, -0.2) is 0 Å². The molecule has 7 heteroatoms. The molecule has 2 aromatic rings. The summed E-state index contributed by atoms with van der Waals surface area (Å²) in [5.41, 5.74) is 6.90. The van der Waals surface area contributed by atoms with Crippen LogP contribution in [0.3, 0.4) is 0 Å². The largest absolute Gasteiger partial charge is 0.493 e. The second-order valence-electron chi connectivity index (χ2n) is 13.6. The van der Waals surface area contributed by atoms with E-state index in [1.165, 1.54) is 0 Å². The number of nitrogens with zero attached hydrogens (tertiary/aromatic N) is 1. The number of hydrogen-bond donors (Lipinski definition) is 1. The summed E-state index contributed by atoms with van der Waals surface area (Å²) in [5, 5.41) is 2.87. The van der Waals surface area contributed by atoms with E-state index >= 15 is 0 Å². The average Bonchev–Trinajstić information content (AvgIpc) is 2.89. The smallest absolute Gasteiger partial charge is 0.262 e. The Balaban J connectivity index is 1.48. The number of benzene rings is 2. The number of methoxy groups -OCH3 is 1. The number of ether oxygens (including phenoxy) is 2. The van der Waals surface area contributed by atoms with Crippen LogP contribution >= 0.6 is 0 Å². The highest BCUT2D eigenvalue weighted by Gasteiger charge is 2.48. The zero-order valence-electron chi connectivity index (χ0n) is 26.1. The van der Waals surface area contributed by atoms with Crippen molar-refractivity contribution >= 4 is 23.2 Å². The lowest BCUT2D eigenvalue weighted by molar-refractivity contribution is -0.120. The molecule has 3 aliphatic rings. The summed E-state index contributed by atoms with van der Waals surface area (Å²) in [6, 6.07) is 11.3. The van der Waals surface area contributed by atoms with E-state index in [0.717, 1.165) is 40.9 Å². The summed E-state index contributed by atoms with van der Waals surface area (Å²) in [5.74, 6) is 0.292. The average molecular weight is 571 g/mol. The van der Waals surface area contributed by atoms with Crippen molar-refractivity contribution in [3.8, 4) is 11.5 Å². The van der Waals surface area contributed by atoms with Gasteiger partial charge in [0.2, 0.25) is 0 Å². The van der Waals surface area contributed by atoms with Gasteiger partial charge in [0.25, 0.3) is 5.91 Å². The zero-order chi connectivity index (χ0) is 30.6. The summed E-state index contributed by atoms with van der Waals surface area (Å²) in [6.07, 6.45) is 2.40. The van der Waals surface area contributed by atoms with Gasteiger partial charge in [0.05, 0.1) is 7.11 Å². The molecular weight excluding hydrogens is 528 g/mol. The van der Waals surface area contributed by atoms with Gasteiger partial charge in [-0.05, 0) is 78.5 Å². The predicted octanol–water partition coefficient (Wildman–Crippen LogP) is 6.64. The van der Waals surface area contributed by atoms with Gasteiger partial charge in [0.1, 0.15) is 0 Å². The van der Waals surface area contributed by atoms with E-state index < -0.39 is 5.92 Å². The molecule has 0 spiro atoms. The van der Waals surface area contributed by atoms with Crippen molar-refractivity contribution in [1.82, 2.24) is 4.90 Å². The lowest BCUT2D eigenvalue weighted by atomic mass is 9.64. The third-order valence-electron chi connectivity index (χ3n) is 8.85. The highest BCUT2D eigenvalue weighted by Crippen LogP contribution is 2.54. The number of amides is 1. The lowest BCUT2D eigenvalue weighted by Crippen LogP contribution is -2.43. The van der Waals surface area contributed by atoms with Crippen molar-refractivity contribution in [3.63, 3.8) is 0 Å². The molecule has 222 valence electrons. The molecule has 1 aliphatic heterocycles. The summed E-state index contributed by atoms with van der Waals surface area (Å²) >= 11 is 0. The normalized spacial score (nSPS) is 19.9. The molecule has 1 N–H and O–H groups in total. The summed E-state index contributed by atoms with van der Waals surface area (Å²) < 4.78 is 11.6. The topological polar surface area (TPSA) is 84.9 Å². The first-order valence-corrected chi connectivity index (χ1v) is 14.6. The van der Waals surface area contributed by atoms with E-state index in [9.17, 15) is 14.4 Å². The third kappa shape index (κ3) is 5.61. The molecule has 0 unspecified atom stereocenters. The lowest BCUT2D eigenvalue weighted by Gasteiger charge is -2.47. The Morgan fingerprint density at radius 1 is 0.857 bits per heavy atom. The Bertz CT molecular complexity index is 1490. The summed E-state index contributed by atoms with van der Waals surface area (Å²) in [4.78, 5) is 42.3. The molecule has 2 aliphatic carbocycles. The number of aryl methyl sites for hydroxylation is 2. The molecule has 0 fully saturated rings. The van der Waals surface area contributed by atoms with Crippen LogP contribution in [0.4, 0.5) is 5.69 Å². The predicted molar refractivity (Wildman–Crippen MR) is 164 cm³/mol. The van der Waals surface area contributed by atoms with Crippen molar-refractivity contribution in [1.29, 1.82) is 0 Å². The minimum atomic E-state index is -0.463. The number of rotatable bonds is 6. The molecule has 0 saturated carbocycles. The quantitative estimate of drug-likeness (QED) is 0.419. The van der Waals surface area contributed by atoms with E-state index in [2.05, 4.69) is 37.9 Å². The van der Waals surface area contributed by atoms with E-state index in [1.54, 1.807) is 13.2 Å². The number of anilines is 1. The van der Waals surface area contributed by atoms with Crippen molar-refractivity contribution in [2.75, 3.05) is 26.1 Å². The van der Waals surface area contributed by atoms with Crippen LogP contribution in [0.2, 0.25) is 0 Å². The molecule has 2 aromatic carbocycles. The van der Waals surface area contributed by atoms with Crippen LogP contribution in [0, 0.1) is 24.7 Å². The number of Topliss-reactive ketones (excluding diaryl/α,β-unsaturated/α-hetero) is 2. The van der Waals surface area contributed by atoms with Gasteiger partial charge in [-0.1, -0.05) is 39.8 Å². The van der Waals surface area contributed by atoms with Gasteiger partial charge in [0.15, 0.2) is 29.7 Å². The molecule has 1 heterocycles. The fraction of sp³-hybridized carbons (Fsp3) is 0.457. The number of hydrogen-bond acceptors (Lipinski definition) is 6. The summed E-state index contributed by atoms with van der Waals surface area (Å²) in [6.45, 7) is 12.3. The van der Waals surface area contributed by atoms with Crippen LogP contribution < -0.4 is 14.8 Å². The van der Waals surface area contributed by atoms with Crippen LogP contribution in [0.15, 0.2) is 58.9 Å². The molecule has 5 rings (SSSR count). The van der Waals surface area contributed by atoms with Gasteiger partial charge in [-0.3, -0.25) is 14.4 Å². The van der Waals surface area contributed by atoms with Crippen LogP contribution in [-0.4, -0.2) is 43.1 Å². The van der Waals surface area contributed by atoms with Gasteiger partial charge in [-0.15, -0.1) is 0 Å². The Kier molecular flexibility index (Phi) is 7.58. The maximum Gasteiger partial charge on any atom is 0.262 e. The number of carbonyl (C=O) groups excluding carboxylic acids is 3. The molecule has 1 amide bonds. The first kappa shape index (κ1) is 29.6. The molecule has 7 nitrogen and oxygen atoms in total. The first-order chi connectivity index (χ1) is 19.7. The Morgan fingerprint density at radius 2 is 1.45 bits per heavy atom. The van der Waals surface area contributed by atoms with Crippen LogP contribution in [0.1, 0.15) is 76.0 Å². The fourth-order valence-electron chi connectivity index (χ4n) is 6.64. The number of allylic oxidation sites excluding steroid dienone is 4. The molecular formula is C35H42N2O5. The monoisotopic (exact) mass is 570 g/mol. The molecule has 0 saturated heterocycles. The number of carbonyl (C=O) groups is 3. The first-order valence-electron chi connectivity index (χ1n) is 14.6. The third-order valence-corrected chi connectivity index (χ3v) is 8.85. The SMILES string of the molecule is COc1cc(C2C3=C(CC(C)(C)CC3=O)N(C)C3=C2C(=O)CC(C)(C)C3)ccc1OCC(=O)Nc1ccc(C)c(C)c1. The second kappa shape index (κ2) is 10.8. The molecule has 0 radical (unpaired) electrons. The van der Waals surface area contributed by atoms with Crippen molar-refractivity contribution in [2.24, 2.45) is 10.8 Å². The van der Waals surface area contributed by atoms with E-state index in [-0.39, 0.29) is 34.9 Å². The maximum atomic E-state index is 13.8. The maximum absolute atomic E-state index is 13.8. The van der Waals surface area contributed by atoms with Crippen LogP contribution in [0.25, 0.3) is 0 Å². The Hall–Kier alpha value is -3.87. The van der Waals surface area contributed by atoms with Crippen molar-refractivity contribution < 1.29 is 23.9 Å². The van der Waals surface area contributed by atoms with Gasteiger partial charge >= 0.3 is 0 Å². The highest BCUT2D eigenvalue weighted by atomic mass is 16.5.